The van der Waals surface area contributed by atoms with Gasteiger partial charge in [-0.05, 0) is 12.1 Å². The molecule has 5 heteroatoms. The number of carbonyl (C=O) groups excluding carboxylic acids is 1. The van der Waals surface area contributed by atoms with Crippen LogP contribution in [0.1, 0.15) is 0 Å². The van der Waals surface area contributed by atoms with Gasteiger partial charge >= 0.3 is 5.97 Å². The first kappa shape index (κ1) is 9.51. The molecule has 0 saturated carbocycles. The van der Waals surface area contributed by atoms with Crippen molar-refractivity contribution in [1.29, 1.82) is 0 Å². The third kappa shape index (κ3) is 1.90. The lowest BCUT2D eigenvalue weighted by molar-refractivity contribution is -0.142. The standard InChI is InChI=1S/C10H10N2O3/c1-14-9(13)6-15-8-5-12-7-3-2-4-11-10(7)8/h2-5,12H,6H2,1H3. The number of pyridine rings is 1. The van der Waals surface area contributed by atoms with Crippen LogP contribution < -0.4 is 4.74 Å². The van der Waals surface area contributed by atoms with E-state index in [1.807, 2.05) is 12.1 Å². The fourth-order valence-corrected chi connectivity index (χ4v) is 1.24. The Hall–Kier alpha value is -2.04. The number of aromatic amines is 1. The summed E-state index contributed by atoms with van der Waals surface area (Å²) in [6, 6.07) is 3.70. The van der Waals surface area contributed by atoms with Gasteiger partial charge in [0.1, 0.15) is 5.52 Å². The van der Waals surface area contributed by atoms with Crippen LogP contribution in [0.4, 0.5) is 0 Å². The molecule has 0 atom stereocenters. The number of aromatic nitrogens is 2. The van der Waals surface area contributed by atoms with Crippen molar-refractivity contribution in [3.05, 3.63) is 24.5 Å². The molecule has 0 aliphatic rings. The molecule has 0 spiro atoms. The van der Waals surface area contributed by atoms with E-state index in [4.69, 9.17) is 4.74 Å². The van der Waals surface area contributed by atoms with Crippen molar-refractivity contribution in [2.24, 2.45) is 0 Å². The highest BCUT2D eigenvalue weighted by atomic mass is 16.6. The summed E-state index contributed by atoms with van der Waals surface area (Å²) in [7, 11) is 1.32. The highest BCUT2D eigenvalue weighted by Gasteiger charge is 2.07. The molecule has 0 fully saturated rings. The average Bonchev–Trinajstić information content (AvgIpc) is 2.69. The summed E-state index contributed by atoms with van der Waals surface area (Å²) in [6.45, 7) is -0.111. The molecular weight excluding hydrogens is 196 g/mol. The summed E-state index contributed by atoms with van der Waals surface area (Å²) >= 11 is 0. The maximum Gasteiger partial charge on any atom is 0.343 e. The van der Waals surface area contributed by atoms with Crippen molar-refractivity contribution in [2.75, 3.05) is 13.7 Å². The predicted molar refractivity (Wildman–Crippen MR) is 53.6 cm³/mol. The van der Waals surface area contributed by atoms with Crippen LogP contribution in [0.25, 0.3) is 11.0 Å². The van der Waals surface area contributed by atoms with E-state index in [1.165, 1.54) is 7.11 Å². The van der Waals surface area contributed by atoms with Gasteiger partial charge in [-0.2, -0.15) is 0 Å². The monoisotopic (exact) mass is 206 g/mol. The number of hydrogen-bond donors (Lipinski definition) is 1. The van der Waals surface area contributed by atoms with E-state index in [1.54, 1.807) is 12.4 Å². The molecule has 2 heterocycles. The SMILES string of the molecule is COC(=O)COc1c[nH]c2cccnc12. The lowest BCUT2D eigenvalue weighted by Crippen LogP contribution is -2.12. The van der Waals surface area contributed by atoms with Crippen LogP contribution in [-0.2, 0) is 9.53 Å². The normalized spacial score (nSPS) is 10.2. The Balaban J connectivity index is 2.18. The van der Waals surface area contributed by atoms with Crippen LogP contribution in [0.3, 0.4) is 0 Å². The Morgan fingerprint density at radius 2 is 2.47 bits per heavy atom. The van der Waals surface area contributed by atoms with Crippen molar-refractivity contribution >= 4 is 17.0 Å². The highest BCUT2D eigenvalue weighted by molar-refractivity contribution is 5.82. The summed E-state index contributed by atoms with van der Waals surface area (Å²) in [5.41, 5.74) is 1.58. The third-order valence-corrected chi connectivity index (χ3v) is 1.97. The van der Waals surface area contributed by atoms with Gasteiger partial charge in [0.15, 0.2) is 12.4 Å². The van der Waals surface area contributed by atoms with Gasteiger partial charge in [0, 0.05) is 12.4 Å². The molecule has 0 aromatic carbocycles. The van der Waals surface area contributed by atoms with Crippen LogP contribution in [0.15, 0.2) is 24.5 Å². The topological polar surface area (TPSA) is 64.2 Å². The van der Waals surface area contributed by atoms with Crippen molar-refractivity contribution in [2.45, 2.75) is 0 Å². The molecule has 0 unspecified atom stereocenters. The zero-order valence-corrected chi connectivity index (χ0v) is 8.19. The number of nitrogens with zero attached hydrogens (tertiary/aromatic N) is 1. The van der Waals surface area contributed by atoms with Gasteiger partial charge in [-0.25, -0.2) is 4.79 Å². The van der Waals surface area contributed by atoms with Crippen LogP contribution in [0, 0.1) is 0 Å². The van der Waals surface area contributed by atoms with E-state index in [9.17, 15) is 4.79 Å². The molecule has 1 N–H and O–H groups in total. The molecule has 2 aromatic rings. The van der Waals surface area contributed by atoms with E-state index < -0.39 is 5.97 Å². The minimum absolute atomic E-state index is 0.111. The molecule has 0 radical (unpaired) electrons. The summed E-state index contributed by atoms with van der Waals surface area (Å²) in [5, 5.41) is 0. The number of esters is 1. The molecule has 78 valence electrons. The zero-order chi connectivity index (χ0) is 10.7. The number of carbonyl (C=O) groups is 1. The molecule has 0 aliphatic heterocycles. The maximum atomic E-state index is 10.9. The van der Waals surface area contributed by atoms with Gasteiger partial charge in [0.25, 0.3) is 0 Å². The second kappa shape index (κ2) is 4.00. The number of hydrogen-bond acceptors (Lipinski definition) is 4. The molecule has 15 heavy (non-hydrogen) atoms. The van der Waals surface area contributed by atoms with E-state index in [-0.39, 0.29) is 6.61 Å². The van der Waals surface area contributed by atoms with Crippen LogP contribution in [-0.4, -0.2) is 29.7 Å². The number of fused-ring (bicyclic) bond motifs is 1. The average molecular weight is 206 g/mol. The predicted octanol–water partition coefficient (Wildman–Crippen LogP) is 1.11. The minimum atomic E-state index is -0.416. The molecular formula is C10H10N2O3. The summed E-state index contributed by atoms with van der Waals surface area (Å²) in [5.74, 6) is 0.135. The Kier molecular flexibility index (Phi) is 2.53. The summed E-state index contributed by atoms with van der Waals surface area (Å²) in [4.78, 5) is 18.0. The fraction of sp³-hybridized carbons (Fsp3) is 0.200. The first-order valence-corrected chi connectivity index (χ1v) is 4.43. The Bertz CT molecular complexity index is 478. The van der Waals surface area contributed by atoms with Crippen LogP contribution in [0.5, 0.6) is 5.75 Å². The van der Waals surface area contributed by atoms with Crippen molar-refractivity contribution in [3.8, 4) is 5.75 Å². The number of nitrogens with one attached hydrogen (secondary N) is 1. The lowest BCUT2D eigenvalue weighted by Gasteiger charge is -2.01. The molecule has 0 aliphatic carbocycles. The van der Waals surface area contributed by atoms with Gasteiger partial charge < -0.3 is 14.5 Å². The summed E-state index contributed by atoms with van der Waals surface area (Å²) in [6.07, 6.45) is 3.34. The van der Waals surface area contributed by atoms with E-state index in [0.717, 1.165) is 5.52 Å². The third-order valence-electron chi connectivity index (χ3n) is 1.97. The van der Waals surface area contributed by atoms with Gasteiger partial charge in [0.05, 0.1) is 12.6 Å². The number of ether oxygens (including phenoxy) is 2. The quantitative estimate of drug-likeness (QED) is 0.764. The van der Waals surface area contributed by atoms with Crippen molar-refractivity contribution in [3.63, 3.8) is 0 Å². The Morgan fingerprint density at radius 3 is 3.27 bits per heavy atom. The minimum Gasteiger partial charge on any atom is -0.478 e. The van der Waals surface area contributed by atoms with Crippen LogP contribution >= 0.6 is 0 Å². The highest BCUT2D eigenvalue weighted by Crippen LogP contribution is 2.22. The van der Waals surface area contributed by atoms with Gasteiger partial charge in [-0.15, -0.1) is 0 Å². The van der Waals surface area contributed by atoms with E-state index in [0.29, 0.717) is 11.3 Å². The Labute approximate surface area is 86.0 Å². The zero-order valence-electron chi connectivity index (χ0n) is 8.19. The van der Waals surface area contributed by atoms with Crippen molar-refractivity contribution in [1.82, 2.24) is 9.97 Å². The number of H-pyrrole nitrogens is 1. The van der Waals surface area contributed by atoms with E-state index in [2.05, 4.69) is 14.7 Å². The van der Waals surface area contributed by atoms with Gasteiger partial charge in [0.2, 0.25) is 0 Å². The first-order chi connectivity index (χ1) is 7.31. The van der Waals surface area contributed by atoms with Gasteiger partial charge in [-0.1, -0.05) is 0 Å². The first-order valence-electron chi connectivity index (χ1n) is 4.43. The summed E-state index contributed by atoms with van der Waals surface area (Å²) < 4.78 is 9.71. The van der Waals surface area contributed by atoms with Crippen molar-refractivity contribution < 1.29 is 14.3 Å². The largest absolute Gasteiger partial charge is 0.478 e. The molecule has 0 saturated heterocycles. The molecule has 0 amide bonds. The maximum absolute atomic E-state index is 10.9. The smallest absolute Gasteiger partial charge is 0.343 e. The number of rotatable bonds is 3. The Morgan fingerprint density at radius 1 is 1.60 bits per heavy atom. The molecule has 5 nitrogen and oxygen atoms in total. The molecule has 2 rings (SSSR count). The second-order valence-corrected chi connectivity index (χ2v) is 2.92. The second-order valence-electron chi connectivity index (χ2n) is 2.92. The van der Waals surface area contributed by atoms with E-state index >= 15 is 0 Å². The lowest BCUT2D eigenvalue weighted by atomic mass is 10.4. The molecule has 2 aromatic heterocycles. The van der Waals surface area contributed by atoms with Crippen LogP contribution in [0.2, 0.25) is 0 Å². The molecule has 0 bridgehead atoms. The van der Waals surface area contributed by atoms with Gasteiger partial charge in [-0.3, -0.25) is 4.98 Å². The fourth-order valence-electron chi connectivity index (χ4n) is 1.24. The number of methoxy groups -OCH3 is 1.